The summed E-state index contributed by atoms with van der Waals surface area (Å²) in [6.07, 6.45) is 0.726. The van der Waals surface area contributed by atoms with Gasteiger partial charge in [-0.1, -0.05) is 23.9 Å². The van der Waals surface area contributed by atoms with Gasteiger partial charge in [-0.15, -0.1) is 0 Å². The molecular weight excluding hydrogens is 256 g/mol. The highest BCUT2D eigenvalue weighted by atomic mass is 32.2. The van der Waals surface area contributed by atoms with Gasteiger partial charge in [-0.05, 0) is 18.6 Å². The van der Waals surface area contributed by atoms with Crippen molar-refractivity contribution < 1.29 is 8.42 Å². The molecule has 0 radical (unpaired) electrons. The van der Waals surface area contributed by atoms with Crippen LogP contribution in [0.15, 0.2) is 29.4 Å². The quantitative estimate of drug-likeness (QED) is 0.902. The van der Waals surface area contributed by atoms with E-state index in [1.54, 1.807) is 0 Å². The van der Waals surface area contributed by atoms with Crippen LogP contribution in [-0.2, 0) is 9.84 Å². The van der Waals surface area contributed by atoms with Gasteiger partial charge in [0.1, 0.15) is 0 Å². The van der Waals surface area contributed by atoms with Crippen LogP contribution in [0.5, 0.6) is 0 Å². The number of hydrogen-bond donors (Lipinski definition) is 1. The van der Waals surface area contributed by atoms with Crippen LogP contribution >= 0.6 is 11.8 Å². The van der Waals surface area contributed by atoms with Crippen LogP contribution in [0.1, 0.15) is 6.42 Å². The minimum absolute atomic E-state index is 0.139. The maximum atomic E-state index is 11.4. The van der Waals surface area contributed by atoms with E-state index in [9.17, 15) is 8.42 Å². The third-order valence-electron chi connectivity index (χ3n) is 2.84. The zero-order valence-corrected chi connectivity index (χ0v) is 10.7. The van der Waals surface area contributed by atoms with Crippen molar-refractivity contribution in [2.75, 3.05) is 11.5 Å². The summed E-state index contributed by atoms with van der Waals surface area (Å²) >= 11 is 1.53. The molecule has 6 heteroatoms. The Morgan fingerprint density at radius 2 is 2.18 bits per heavy atom. The number of para-hydroxylation sites is 2. The van der Waals surface area contributed by atoms with Gasteiger partial charge in [-0.25, -0.2) is 13.4 Å². The summed E-state index contributed by atoms with van der Waals surface area (Å²) in [6, 6.07) is 7.81. The van der Waals surface area contributed by atoms with E-state index in [0.717, 1.165) is 22.6 Å². The zero-order chi connectivity index (χ0) is 11.9. The lowest BCUT2D eigenvalue weighted by Gasteiger charge is -2.02. The average molecular weight is 268 g/mol. The van der Waals surface area contributed by atoms with Crippen molar-refractivity contribution in [1.82, 2.24) is 9.97 Å². The lowest BCUT2D eigenvalue weighted by Crippen LogP contribution is -2.06. The molecule has 1 aromatic heterocycles. The Morgan fingerprint density at radius 3 is 2.88 bits per heavy atom. The molecule has 0 spiro atoms. The van der Waals surface area contributed by atoms with E-state index < -0.39 is 9.84 Å². The number of aromatic amines is 1. The van der Waals surface area contributed by atoms with Crippen LogP contribution < -0.4 is 0 Å². The van der Waals surface area contributed by atoms with E-state index in [2.05, 4.69) is 9.97 Å². The normalized spacial score (nSPS) is 23.2. The second kappa shape index (κ2) is 4.03. The lowest BCUT2D eigenvalue weighted by atomic mass is 10.3. The third-order valence-corrected chi connectivity index (χ3v) is 5.97. The second-order valence-electron chi connectivity index (χ2n) is 4.20. The Hall–Kier alpha value is -1.01. The summed E-state index contributed by atoms with van der Waals surface area (Å²) in [4.78, 5) is 7.64. The molecule has 1 atom stereocenters. The number of imidazole rings is 1. The first kappa shape index (κ1) is 11.1. The Kier molecular flexibility index (Phi) is 2.63. The Labute approximate surface area is 104 Å². The van der Waals surface area contributed by atoms with Gasteiger partial charge in [0.25, 0.3) is 0 Å². The van der Waals surface area contributed by atoms with Gasteiger partial charge in [-0.3, -0.25) is 0 Å². The molecule has 4 nitrogen and oxygen atoms in total. The molecule has 1 N–H and O–H groups in total. The number of fused-ring (bicyclic) bond motifs is 1. The molecule has 2 aromatic rings. The number of hydrogen-bond acceptors (Lipinski definition) is 4. The molecule has 0 aliphatic carbocycles. The topological polar surface area (TPSA) is 62.8 Å². The van der Waals surface area contributed by atoms with E-state index in [1.807, 2.05) is 24.3 Å². The minimum Gasteiger partial charge on any atom is -0.333 e. The van der Waals surface area contributed by atoms with E-state index in [0.29, 0.717) is 5.75 Å². The molecule has 2 heterocycles. The first-order chi connectivity index (χ1) is 8.12. The van der Waals surface area contributed by atoms with Crippen molar-refractivity contribution in [1.29, 1.82) is 0 Å². The summed E-state index contributed by atoms with van der Waals surface area (Å²) in [5.74, 6) is 0.583. The van der Waals surface area contributed by atoms with Crippen molar-refractivity contribution in [3.8, 4) is 0 Å². The fourth-order valence-corrected chi connectivity index (χ4v) is 5.46. The average Bonchev–Trinajstić information content (AvgIpc) is 2.81. The standard InChI is InChI=1S/C11H12N2O2S2/c14-17(15)6-5-8(7-17)16-11-12-9-3-1-2-4-10(9)13-11/h1-4,8H,5-7H2,(H,12,13). The van der Waals surface area contributed by atoms with E-state index in [4.69, 9.17) is 0 Å². The SMILES string of the molecule is O=S1(=O)CCC(Sc2nc3ccccc3[nH]2)C1. The summed E-state index contributed by atoms with van der Waals surface area (Å²) in [5.41, 5.74) is 1.92. The maximum absolute atomic E-state index is 11.4. The fourth-order valence-electron chi connectivity index (χ4n) is 2.00. The largest absolute Gasteiger partial charge is 0.333 e. The van der Waals surface area contributed by atoms with Crippen LogP contribution in [0.25, 0.3) is 11.0 Å². The number of sulfone groups is 1. The maximum Gasteiger partial charge on any atom is 0.166 e. The Morgan fingerprint density at radius 1 is 1.35 bits per heavy atom. The predicted octanol–water partition coefficient (Wildman–Crippen LogP) is 1.84. The van der Waals surface area contributed by atoms with Crippen LogP contribution in [0.3, 0.4) is 0 Å². The monoisotopic (exact) mass is 268 g/mol. The van der Waals surface area contributed by atoms with Crippen LogP contribution in [0.2, 0.25) is 0 Å². The molecule has 0 amide bonds. The number of aromatic nitrogens is 2. The minimum atomic E-state index is -2.81. The smallest absolute Gasteiger partial charge is 0.166 e. The van der Waals surface area contributed by atoms with E-state index in [-0.39, 0.29) is 11.0 Å². The number of H-pyrrole nitrogens is 1. The highest BCUT2D eigenvalue weighted by molar-refractivity contribution is 8.01. The van der Waals surface area contributed by atoms with Gasteiger partial charge in [0, 0.05) is 5.25 Å². The van der Waals surface area contributed by atoms with Crippen LogP contribution in [0.4, 0.5) is 0 Å². The fraction of sp³-hybridized carbons (Fsp3) is 0.364. The highest BCUT2D eigenvalue weighted by Gasteiger charge is 2.29. The van der Waals surface area contributed by atoms with Crippen LogP contribution in [0, 0.1) is 0 Å². The van der Waals surface area contributed by atoms with Crippen molar-refractivity contribution in [3.63, 3.8) is 0 Å². The molecule has 17 heavy (non-hydrogen) atoms. The van der Waals surface area contributed by atoms with Gasteiger partial charge in [-0.2, -0.15) is 0 Å². The van der Waals surface area contributed by atoms with Crippen molar-refractivity contribution in [2.45, 2.75) is 16.8 Å². The van der Waals surface area contributed by atoms with E-state index in [1.165, 1.54) is 11.8 Å². The first-order valence-corrected chi connectivity index (χ1v) is 8.14. The van der Waals surface area contributed by atoms with Crippen molar-refractivity contribution in [2.24, 2.45) is 0 Å². The van der Waals surface area contributed by atoms with E-state index >= 15 is 0 Å². The first-order valence-electron chi connectivity index (χ1n) is 5.44. The van der Waals surface area contributed by atoms with Gasteiger partial charge >= 0.3 is 0 Å². The molecule has 1 aromatic carbocycles. The third kappa shape index (κ3) is 2.32. The molecule has 3 rings (SSSR count). The number of thioether (sulfide) groups is 1. The molecule has 1 aliphatic rings. The Bertz CT molecular complexity index is 615. The molecule has 0 saturated carbocycles. The predicted molar refractivity (Wildman–Crippen MR) is 69.0 cm³/mol. The number of nitrogens with zero attached hydrogens (tertiary/aromatic N) is 1. The van der Waals surface area contributed by atoms with Gasteiger partial charge in [0.2, 0.25) is 0 Å². The molecular formula is C11H12N2O2S2. The van der Waals surface area contributed by atoms with Crippen molar-refractivity contribution >= 4 is 32.6 Å². The molecule has 1 unspecified atom stereocenters. The van der Waals surface area contributed by atoms with Gasteiger partial charge in [0.15, 0.2) is 15.0 Å². The lowest BCUT2D eigenvalue weighted by molar-refractivity contribution is 0.602. The van der Waals surface area contributed by atoms with Crippen LogP contribution in [-0.4, -0.2) is 35.1 Å². The van der Waals surface area contributed by atoms with Gasteiger partial charge < -0.3 is 4.98 Å². The second-order valence-corrected chi connectivity index (χ2v) is 7.72. The van der Waals surface area contributed by atoms with Crippen molar-refractivity contribution in [3.05, 3.63) is 24.3 Å². The highest BCUT2D eigenvalue weighted by Crippen LogP contribution is 2.30. The number of nitrogens with one attached hydrogen (secondary N) is 1. The molecule has 1 fully saturated rings. The summed E-state index contributed by atoms with van der Waals surface area (Å²) in [6.45, 7) is 0. The molecule has 0 bridgehead atoms. The summed E-state index contributed by atoms with van der Waals surface area (Å²) in [5, 5.41) is 0.953. The molecule has 1 saturated heterocycles. The summed E-state index contributed by atoms with van der Waals surface area (Å²) in [7, 11) is -2.81. The summed E-state index contributed by atoms with van der Waals surface area (Å²) < 4.78 is 22.7. The zero-order valence-electron chi connectivity index (χ0n) is 9.09. The Balaban J connectivity index is 1.81. The number of rotatable bonds is 2. The molecule has 1 aliphatic heterocycles. The van der Waals surface area contributed by atoms with Gasteiger partial charge in [0.05, 0.1) is 22.5 Å². The number of benzene rings is 1. The molecule has 90 valence electrons.